The van der Waals surface area contributed by atoms with Crippen molar-refractivity contribution in [3.63, 3.8) is 0 Å². The third kappa shape index (κ3) is 6.29. The van der Waals surface area contributed by atoms with Gasteiger partial charge < -0.3 is 5.32 Å². The standard InChI is InChI=1S/C27H27ClN4O2S/c1-2-3-6-15-32-26(34)22-10-9-20(25(33)30-17-21-7-4-5-8-23(21)28)16-24(22)31-27(32)35-18-19-11-13-29-14-12-19/h4-5,7-14,16H,2-3,6,15,17-18H2,1H3,(H,30,33). The number of halogens is 1. The Morgan fingerprint density at radius 2 is 1.89 bits per heavy atom. The van der Waals surface area contributed by atoms with E-state index in [1.165, 1.54) is 11.8 Å². The number of pyridine rings is 1. The Kier molecular flexibility index (Phi) is 8.55. The normalized spacial score (nSPS) is 11.0. The molecule has 4 rings (SSSR count). The van der Waals surface area contributed by atoms with E-state index >= 15 is 0 Å². The molecule has 180 valence electrons. The quantitative estimate of drug-likeness (QED) is 0.166. The average Bonchev–Trinajstić information content (AvgIpc) is 2.88. The van der Waals surface area contributed by atoms with Crippen LogP contribution in [0.25, 0.3) is 10.9 Å². The SMILES string of the molecule is CCCCCn1c(SCc2ccncc2)nc2cc(C(=O)NCc3ccccc3Cl)ccc2c1=O. The van der Waals surface area contributed by atoms with Crippen LogP contribution in [0.4, 0.5) is 0 Å². The highest BCUT2D eigenvalue weighted by molar-refractivity contribution is 7.98. The molecule has 0 unspecified atom stereocenters. The molecule has 4 aromatic rings. The summed E-state index contributed by atoms with van der Waals surface area (Å²) in [6, 6.07) is 16.4. The average molecular weight is 507 g/mol. The molecule has 2 heterocycles. The summed E-state index contributed by atoms with van der Waals surface area (Å²) in [5.41, 5.74) is 2.83. The summed E-state index contributed by atoms with van der Waals surface area (Å²) in [5.74, 6) is 0.429. The Hall–Kier alpha value is -3.16. The predicted octanol–water partition coefficient (Wildman–Crippen LogP) is 5.86. The summed E-state index contributed by atoms with van der Waals surface area (Å²) in [4.78, 5) is 35.1. The first-order chi connectivity index (χ1) is 17.1. The van der Waals surface area contributed by atoms with Crippen molar-refractivity contribution in [2.24, 2.45) is 0 Å². The van der Waals surface area contributed by atoms with Crippen molar-refractivity contribution in [1.82, 2.24) is 19.9 Å². The minimum atomic E-state index is -0.244. The fourth-order valence-corrected chi connectivity index (χ4v) is 4.90. The highest BCUT2D eigenvalue weighted by Gasteiger charge is 2.15. The number of unbranched alkanes of at least 4 members (excludes halogenated alkanes) is 2. The van der Waals surface area contributed by atoms with Crippen molar-refractivity contribution >= 4 is 40.2 Å². The molecule has 0 saturated carbocycles. The zero-order valence-corrected chi connectivity index (χ0v) is 21.1. The second kappa shape index (κ2) is 12.0. The lowest BCUT2D eigenvalue weighted by Gasteiger charge is -2.14. The van der Waals surface area contributed by atoms with Gasteiger partial charge in [0.05, 0.1) is 10.9 Å². The summed E-state index contributed by atoms with van der Waals surface area (Å²) < 4.78 is 1.76. The first kappa shape index (κ1) is 24.9. The van der Waals surface area contributed by atoms with Crippen molar-refractivity contribution in [3.8, 4) is 0 Å². The molecule has 0 atom stereocenters. The van der Waals surface area contributed by atoms with E-state index in [1.807, 2.05) is 30.3 Å². The molecule has 2 aromatic carbocycles. The second-order valence-corrected chi connectivity index (χ2v) is 9.56. The molecule has 0 fully saturated rings. The number of nitrogens with one attached hydrogen (secondary N) is 1. The molecule has 35 heavy (non-hydrogen) atoms. The van der Waals surface area contributed by atoms with Gasteiger partial charge in [-0.1, -0.05) is 61.3 Å². The molecule has 2 aromatic heterocycles. The number of rotatable bonds is 10. The van der Waals surface area contributed by atoms with E-state index in [9.17, 15) is 9.59 Å². The van der Waals surface area contributed by atoms with Crippen molar-refractivity contribution in [3.05, 3.63) is 99.1 Å². The van der Waals surface area contributed by atoms with Crippen LogP contribution in [0.2, 0.25) is 5.02 Å². The first-order valence-corrected chi connectivity index (χ1v) is 13.0. The molecule has 0 radical (unpaired) electrons. The maximum absolute atomic E-state index is 13.4. The molecule has 0 saturated heterocycles. The largest absolute Gasteiger partial charge is 0.348 e. The van der Waals surface area contributed by atoms with Crippen LogP contribution in [-0.2, 0) is 18.8 Å². The molecule has 0 bridgehead atoms. The van der Waals surface area contributed by atoms with Crippen LogP contribution in [0, 0.1) is 0 Å². The Morgan fingerprint density at radius 1 is 1.09 bits per heavy atom. The van der Waals surface area contributed by atoms with E-state index in [-0.39, 0.29) is 11.5 Å². The van der Waals surface area contributed by atoms with E-state index in [0.29, 0.717) is 45.5 Å². The number of fused-ring (bicyclic) bond motifs is 1. The first-order valence-electron chi connectivity index (χ1n) is 11.6. The number of amides is 1. The molecule has 6 nitrogen and oxygen atoms in total. The zero-order chi connectivity index (χ0) is 24.6. The summed E-state index contributed by atoms with van der Waals surface area (Å²) in [6.45, 7) is 3.07. The molecule has 1 amide bonds. The smallest absolute Gasteiger partial charge is 0.262 e. The van der Waals surface area contributed by atoms with Gasteiger partial charge in [-0.05, 0) is 53.9 Å². The number of carbonyl (C=O) groups excluding carboxylic acids is 1. The van der Waals surface area contributed by atoms with Crippen LogP contribution in [0.1, 0.15) is 47.7 Å². The van der Waals surface area contributed by atoms with Crippen LogP contribution in [-0.4, -0.2) is 20.4 Å². The number of thioether (sulfide) groups is 1. The van der Waals surface area contributed by atoms with Gasteiger partial charge in [0, 0.05) is 41.8 Å². The fraction of sp³-hybridized carbons (Fsp3) is 0.259. The molecule has 0 spiro atoms. The van der Waals surface area contributed by atoms with Crippen molar-refractivity contribution in [2.75, 3.05) is 0 Å². The van der Waals surface area contributed by atoms with Crippen LogP contribution >= 0.6 is 23.4 Å². The van der Waals surface area contributed by atoms with E-state index in [2.05, 4.69) is 17.2 Å². The van der Waals surface area contributed by atoms with E-state index in [4.69, 9.17) is 16.6 Å². The highest BCUT2D eigenvalue weighted by Crippen LogP contribution is 2.23. The van der Waals surface area contributed by atoms with Gasteiger partial charge >= 0.3 is 0 Å². The summed E-state index contributed by atoms with van der Waals surface area (Å²) in [7, 11) is 0. The highest BCUT2D eigenvalue weighted by atomic mass is 35.5. The van der Waals surface area contributed by atoms with Gasteiger partial charge in [-0.2, -0.15) is 0 Å². The number of hydrogen-bond donors (Lipinski definition) is 1. The van der Waals surface area contributed by atoms with Crippen LogP contribution < -0.4 is 10.9 Å². The number of benzene rings is 2. The molecular weight excluding hydrogens is 480 g/mol. The lowest BCUT2D eigenvalue weighted by molar-refractivity contribution is 0.0951. The van der Waals surface area contributed by atoms with Gasteiger partial charge in [-0.3, -0.25) is 19.1 Å². The molecular formula is C27H27ClN4O2S. The lowest BCUT2D eigenvalue weighted by Crippen LogP contribution is -2.25. The number of nitrogens with zero attached hydrogens (tertiary/aromatic N) is 3. The summed E-state index contributed by atoms with van der Waals surface area (Å²) in [6.07, 6.45) is 6.54. The number of aromatic nitrogens is 3. The number of hydrogen-bond acceptors (Lipinski definition) is 5. The van der Waals surface area contributed by atoms with Crippen molar-refractivity contribution in [2.45, 2.75) is 50.2 Å². The van der Waals surface area contributed by atoms with Gasteiger partial charge in [0.25, 0.3) is 11.5 Å². The Morgan fingerprint density at radius 3 is 2.66 bits per heavy atom. The minimum absolute atomic E-state index is 0.0774. The predicted molar refractivity (Wildman–Crippen MR) is 142 cm³/mol. The van der Waals surface area contributed by atoms with Gasteiger partial charge in [0.15, 0.2) is 5.16 Å². The third-order valence-corrected chi connectivity index (χ3v) is 7.10. The van der Waals surface area contributed by atoms with Crippen LogP contribution in [0.3, 0.4) is 0 Å². The topological polar surface area (TPSA) is 76.9 Å². The zero-order valence-electron chi connectivity index (χ0n) is 19.5. The summed E-state index contributed by atoms with van der Waals surface area (Å²) in [5, 5.41) is 4.67. The number of carbonyl (C=O) groups is 1. The molecule has 8 heteroatoms. The third-order valence-electron chi connectivity index (χ3n) is 5.68. The van der Waals surface area contributed by atoms with E-state index in [1.54, 1.807) is 41.2 Å². The molecule has 0 aliphatic heterocycles. The molecule has 0 aliphatic rings. The Labute approximate surface area is 213 Å². The van der Waals surface area contributed by atoms with Gasteiger partial charge in [-0.25, -0.2) is 4.98 Å². The van der Waals surface area contributed by atoms with Gasteiger partial charge in [0.1, 0.15) is 0 Å². The maximum atomic E-state index is 13.4. The summed E-state index contributed by atoms with van der Waals surface area (Å²) >= 11 is 7.72. The van der Waals surface area contributed by atoms with Gasteiger partial charge in [-0.15, -0.1) is 0 Å². The molecule has 1 N–H and O–H groups in total. The Balaban J connectivity index is 1.61. The van der Waals surface area contributed by atoms with E-state index in [0.717, 1.165) is 30.4 Å². The monoisotopic (exact) mass is 506 g/mol. The maximum Gasteiger partial charge on any atom is 0.262 e. The van der Waals surface area contributed by atoms with Crippen molar-refractivity contribution < 1.29 is 4.79 Å². The Bertz CT molecular complexity index is 1370. The van der Waals surface area contributed by atoms with E-state index < -0.39 is 0 Å². The fourth-order valence-electron chi connectivity index (χ4n) is 3.72. The lowest BCUT2D eigenvalue weighted by atomic mass is 10.1. The minimum Gasteiger partial charge on any atom is -0.348 e. The van der Waals surface area contributed by atoms with Crippen molar-refractivity contribution in [1.29, 1.82) is 0 Å². The van der Waals surface area contributed by atoms with Gasteiger partial charge in [0.2, 0.25) is 0 Å². The second-order valence-electron chi connectivity index (χ2n) is 8.21. The van der Waals surface area contributed by atoms with Crippen LogP contribution in [0.5, 0.6) is 0 Å². The van der Waals surface area contributed by atoms with Crippen LogP contribution in [0.15, 0.2) is 76.9 Å². The molecule has 0 aliphatic carbocycles.